The van der Waals surface area contributed by atoms with Crippen molar-refractivity contribution in [2.24, 2.45) is 0 Å². The quantitative estimate of drug-likeness (QED) is 0.414. The van der Waals surface area contributed by atoms with Crippen LogP contribution in [-0.2, 0) is 9.59 Å². The maximum atomic E-state index is 12.3. The molecule has 2 aromatic carbocycles. The van der Waals surface area contributed by atoms with Crippen LogP contribution in [0.15, 0.2) is 54.6 Å². The monoisotopic (exact) mass is 424 g/mol. The van der Waals surface area contributed by atoms with Crippen LogP contribution in [-0.4, -0.2) is 35.5 Å². The van der Waals surface area contributed by atoms with E-state index in [4.69, 9.17) is 0 Å². The zero-order chi connectivity index (χ0) is 22.5. The predicted molar refractivity (Wildman–Crippen MR) is 122 cm³/mol. The number of unbranched alkanes of at least 4 members (excludes halogenated alkanes) is 4. The fourth-order valence-electron chi connectivity index (χ4n) is 3.30. The number of carbonyl (C=O) groups is 3. The molecular formula is C25H32N2O4. The third kappa shape index (κ3) is 8.72. The molecule has 0 aliphatic carbocycles. The van der Waals surface area contributed by atoms with Crippen LogP contribution in [0.25, 0.3) is 11.1 Å². The molecule has 0 fully saturated rings. The molecule has 1 atom stereocenters. The van der Waals surface area contributed by atoms with E-state index >= 15 is 0 Å². The molecule has 0 unspecified atom stereocenters. The van der Waals surface area contributed by atoms with E-state index in [-0.39, 0.29) is 12.8 Å². The Morgan fingerprint density at radius 2 is 1.52 bits per heavy atom. The predicted octanol–water partition coefficient (Wildman–Crippen LogP) is 4.40. The van der Waals surface area contributed by atoms with E-state index in [0.29, 0.717) is 12.1 Å². The molecule has 0 heterocycles. The second-order valence-electron chi connectivity index (χ2n) is 7.62. The van der Waals surface area contributed by atoms with Gasteiger partial charge in [0.1, 0.15) is 6.04 Å². The number of rotatable bonds is 13. The molecule has 31 heavy (non-hydrogen) atoms. The average molecular weight is 425 g/mol. The van der Waals surface area contributed by atoms with E-state index in [2.05, 4.69) is 17.6 Å². The van der Waals surface area contributed by atoms with E-state index in [1.54, 1.807) is 12.1 Å². The Hall–Kier alpha value is -2.99. The van der Waals surface area contributed by atoms with Gasteiger partial charge in [0.2, 0.25) is 5.91 Å². The van der Waals surface area contributed by atoms with Crippen molar-refractivity contribution in [3.63, 3.8) is 0 Å². The Balaban J connectivity index is 1.77. The van der Waals surface area contributed by atoms with E-state index in [0.717, 1.165) is 36.8 Å². The van der Waals surface area contributed by atoms with Crippen LogP contribution in [0.4, 0.5) is 0 Å². The number of hydrogen-bond acceptors (Lipinski definition) is 4. The molecule has 2 aromatic rings. The summed E-state index contributed by atoms with van der Waals surface area (Å²) >= 11 is 0. The molecule has 0 spiro atoms. The molecule has 0 aliphatic heterocycles. The van der Waals surface area contributed by atoms with Crippen LogP contribution < -0.4 is 10.6 Å². The smallest absolute Gasteiger partial charge is 0.320 e. The van der Waals surface area contributed by atoms with Gasteiger partial charge in [-0.2, -0.15) is 0 Å². The van der Waals surface area contributed by atoms with Crippen LogP contribution in [0, 0.1) is 0 Å². The van der Waals surface area contributed by atoms with Crippen molar-refractivity contribution >= 4 is 17.8 Å². The van der Waals surface area contributed by atoms with Gasteiger partial charge in [-0.15, -0.1) is 0 Å². The first-order valence-corrected chi connectivity index (χ1v) is 11.0. The number of amides is 2. The molecule has 0 radical (unpaired) electrons. The molecule has 0 saturated heterocycles. The van der Waals surface area contributed by atoms with E-state index < -0.39 is 23.8 Å². The maximum absolute atomic E-state index is 12.3. The van der Waals surface area contributed by atoms with E-state index in [1.807, 2.05) is 42.5 Å². The van der Waals surface area contributed by atoms with Gasteiger partial charge < -0.3 is 10.4 Å². The van der Waals surface area contributed by atoms with Crippen molar-refractivity contribution in [3.8, 4) is 11.1 Å². The minimum atomic E-state index is -0.982. The van der Waals surface area contributed by atoms with Crippen molar-refractivity contribution in [1.82, 2.24) is 10.6 Å². The number of aliphatic carboxylic acids is 1. The van der Waals surface area contributed by atoms with Gasteiger partial charge in [-0.25, -0.2) is 0 Å². The van der Waals surface area contributed by atoms with Crippen LogP contribution in [0.1, 0.15) is 62.2 Å². The second kappa shape index (κ2) is 13.3. The molecule has 2 amide bonds. The highest BCUT2D eigenvalue weighted by molar-refractivity contribution is 6.04. The standard InChI is InChI=1S/C25H32N2O4/c1-2-3-4-5-9-18-26-22(25(30)31)16-17-23(28)27-24(29)21-14-12-20(13-15-21)19-10-7-6-8-11-19/h6-8,10-15,22,26H,2-5,9,16-18H2,1H3,(H,30,31)(H,27,28,29)/t22-/m0/s1. The van der Waals surface area contributed by atoms with Crippen LogP contribution >= 0.6 is 0 Å². The molecule has 6 heteroatoms. The zero-order valence-electron chi connectivity index (χ0n) is 18.1. The molecular weight excluding hydrogens is 392 g/mol. The summed E-state index contributed by atoms with van der Waals surface area (Å²) < 4.78 is 0. The molecule has 0 aliphatic rings. The Morgan fingerprint density at radius 3 is 2.16 bits per heavy atom. The third-order valence-corrected chi connectivity index (χ3v) is 5.14. The number of carbonyl (C=O) groups excluding carboxylic acids is 2. The first-order valence-electron chi connectivity index (χ1n) is 11.0. The highest BCUT2D eigenvalue weighted by Gasteiger charge is 2.19. The summed E-state index contributed by atoms with van der Waals surface area (Å²) in [6.07, 6.45) is 5.57. The molecule has 166 valence electrons. The molecule has 2 rings (SSSR count). The minimum absolute atomic E-state index is 0.0341. The van der Waals surface area contributed by atoms with Gasteiger partial charge in [0.15, 0.2) is 0 Å². The third-order valence-electron chi connectivity index (χ3n) is 5.14. The van der Waals surface area contributed by atoms with Crippen LogP contribution in [0.2, 0.25) is 0 Å². The summed E-state index contributed by atoms with van der Waals surface area (Å²) in [6.45, 7) is 2.75. The largest absolute Gasteiger partial charge is 0.480 e. The highest BCUT2D eigenvalue weighted by atomic mass is 16.4. The topological polar surface area (TPSA) is 95.5 Å². The van der Waals surface area contributed by atoms with Crippen molar-refractivity contribution < 1.29 is 19.5 Å². The van der Waals surface area contributed by atoms with E-state index in [1.165, 1.54) is 6.42 Å². The number of imide groups is 1. The molecule has 3 N–H and O–H groups in total. The lowest BCUT2D eigenvalue weighted by molar-refractivity contribution is -0.139. The Morgan fingerprint density at radius 1 is 0.871 bits per heavy atom. The second-order valence-corrected chi connectivity index (χ2v) is 7.62. The van der Waals surface area contributed by atoms with E-state index in [9.17, 15) is 19.5 Å². The Kier molecular flexibility index (Phi) is 10.4. The highest BCUT2D eigenvalue weighted by Crippen LogP contribution is 2.19. The summed E-state index contributed by atoms with van der Waals surface area (Å²) in [5.74, 6) is -1.95. The van der Waals surface area contributed by atoms with Gasteiger partial charge in [-0.3, -0.25) is 19.7 Å². The Bertz CT molecular complexity index is 834. The number of nitrogens with one attached hydrogen (secondary N) is 2. The fourth-order valence-corrected chi connectivity index (χ4v) is 3.30. The first kappa shape index (κ1) is 24.3. The average Bonchev–Trinajstić information content (AvgIpc) is 2.78. The maximum Gasteiger partial charge on any atom is 0.320 e. The number of carboxylic acid groups (broad SMARTS) is 1. The zero-order valence-corrected chi connectivity index (χ0v) is 18.1. The lowest BCUT2D eigenvalue weighted by Crippen LogP contribution is -2.39. The summed E-state index contributed by atoms with van der Waals surface area (Å²) in [7, 11) is 0. The van der Waals surface area contributed by atoms with Gasteiger partial charge in [0, 0.05) is 12.0 Å². The minimum Gasteiger partial charge on any atom is -0.480 e. The number of carboxylic acids is 1. The molecule has 6 nitrogen and oxygen atoms in total. The SMILES string of the molecule is CCCCCCCN[C@@H](CCC(=O)NC(=O)c1ccc(-c2ccccc2)cc1)C(=O)O. The summed E-state index contributed by atoms with van der Waals surface area (Å²) in [5.41, 5.74) is 2.41. The first-order chi connectivity index (χ1) is 15.0. The van der Waals surface area contributed by atoms with Crippen LogP contribution in [0.3, 0.4) is 0 Å². The van der Waals surface area contributed by atoms with Crippen molar-refractivity contribution in [2.45, 2.75) is 57.9 Å². The lowest BCUT2D eigenvalue weighted by atomic mass is 10.0. The Labute approximate surface area is 184 Å². The lowest BCUT2D eigenvalue weighted by Gasteiger charge is -2.14. The van der Waals surface area contributed by atoms with Gasteiger partial charge in [0.05, 0.1) is 0 Å². The van der Waals surface area contributed by atoms with Crippen molar-refractivity contribution in [2.75, 3.05) is 6.54 Å². The normalized spacial score (nSPS) is 11.6. The molecule has 0 saturated carbocycles. The van der Waals surface area contributed by atoms with Gasteiger partial charge >= 0.3 is 5.97 Å². The summed E-state index contributed by atoms with van der Waals surface area (Å²) in [5, 5.41) is 14.7. The van der Waals surface area contributed by atoms with Gasteiger partial charge in [0.25, 0.3) is 5.91 Å². The van der Waals surface area contributed by atoms with Crippen LogP contribution in [0.5, 0.6) is 0 Å². The molecule has 0 aromatic heterocycles. The van der Waals surface area contributed by atoms with Crippen molar-refractivity contribution in [3.05, 3.63) is 60.2 Å². The number of hydrogen-bond donors (Lipinski definition) is 3. The summed E-state index contributed by atoms with van der Waals surface area (Å²) in [4.78, 5) is 35.9. The van der Waals surface area contributed by atoms with Gasteiger partial charge in [-0.1, -0.05) is 75.1 Å². The van der Waals surface area contributed by atoms with Crippen molar-refractivity contribution in [1.29, 1.82) is 0 Å². The number of benzene rings is 2. The molecule has 0 bridgehead atoms. The fraction of sp³-hybridized carbons (Fsp3) is 0.400. The summed E-state index contributed by atoms with van der Waals surface area (Å²) in [6, 6.07) is 16.0. The van der Waals surface area contributed by atoms with Gasteiger partial charge in [-0.05, 0) is 42.6 Å².